The van der Waals surface area contributed by atoms with Crippen molar-refractivity contribution >= 4 is 10.9 Å². The molecule has 1 unspecified atom stereocenters. The van der Waals surface area contributed by atoms with Crippen LogP contribution in [-0.2, 0) is 12.0 Å². The fourth-order valence-electron chi connectivity index (χ4n) is 4.14. The van der Waals surface area contributed by atoms with Gasteiger partial charge in [-0.3, -0.25) is 0 Å². The Morgan fingerprint density at radius 2 is 1.75 bits per heavy atom. The number of aromatic nitrogens is 2. The van der Waals surface area contributed by atoms with E-state index in [1.165, 1.54) is 11.1 Å². The Bertz CT molecular complexity index is 1110. The number of rotatable bonds is 5. The van der Waals surface area contributed by atoms with Gasteiger partial charge in [0.05, 0.1) is 23.0 Å². The number of nitrogens with zero attached hydrogens (tertiary/aromatic N) is 2. The summed E-state index contributed by atoms with van der Waals surface area (Å²) in [5.74, 6) is 0.329. The second-order valence-electron chi connectivity index (χ2n) is 8.03. The number of para-hydroxylation sites is 1. The maximum absolute atomic E-state index is 11.7. The summed E-state index contributed by atoms with van der Waals surface area (Å²) in [6, 6.07) is 25.0. The maximum atomic E-state index is 11.7. The van der Waals surface area contributed by atoms with Crippen molar-refractivity contribution in [3.63, 3.8) is 0 Å². The zero-order chi connectivity index (χ0) is 19.1. The van der Waals surface area contributed by atoms with E-state index in [0.29, 0.717) is 12.3 Å². The number of fused-ring (bicyclic) bond motifs is 1. The number of benzene rings is 3. The van der Waals surface area contributed by atoms with E-state index in [1.807, 2.05) is 29.1 Å². The molecule has 1 fully saturated rings. The SMILES string of the molecule is Cc1ccc(CC(O)(c2ccc3c(cnn3-c3ccccc3)c2)C2CC2)cc1. The fourth-order valence-corrected chi connectivity index (χ4v) is 4.14. The Labute approximate surface area is 165 Å². The van der Waals surface area contributed by atoms with Crippen molar-refractivity contribution in [2.45, 2.75) is 31.8 Å². The van der Waals surface area contributed by atoms with Crippen molar-refractivity contribution in [3.05, 3.63) is 95.7 Å². The van der Waals surface area contributed by atoms with Crippen LogP contribution in [0.2, 0.25) is 0 Å². The first-order chi connectivity index (χ1) is 13.6. The standard InChI is InChI=1S/C25H24N2O/c1-18-7-9-19(10-8-18)16-25(28,21-11-12-21)22-13-14-24-20(15-22)17-26-27(24)23-5-3-2-4-6-23/h2-10,13-15,17,21,28H,11-12,16H2,1H3. The number of aliphatic hydroxyl groups is 1. The summed E-state index contributed by atoms with van der Waals surface area (Å²) >= 11 is 0. The Hall–Kier alpha value is -2.91. The highest BCUT2D eigenvalue weighted by Gasteiger charge is 2.45. The van der Waals surface area contributed by atoms with Crippen molar-refractivity contribution in [2.75, 3.05) is 0 Å². The van der Waals surface area contributed by atoms with Crippen LogP contribution in [0.5, 0.6) is 0 Å². The molecule has 0 spiro atoms. The van der Waals surface area contributed by atoms with Crippen LogP contribution >= 0.6 is 0 Å². The lowest BCUT2D eigenvalue weighted by Gasteiger charge is -2.29. The zero-order valence-corrected chi connectivity index (χ0v) is 16.0. The van der Waals surface area contributed by atoms with Crippen molar-refractivity contribution in [2.24, 2.45) is 5.92 Å². The van der Waals surface area contributed by atoms with Gasteiger partial charge in [0.25, 0.3) is 0 Å². The predicted octanol–water partition coefficient (Wildman–Crippen LogP) is 5.17. The first-order valence-electron chi connectivity index (χ1n) is 9.95. The van der Waals surface area contributed by atoms with E-state index in [1.54, 1.807) is 0 Å². The van der Waals surface area contributed by atoms with Gasteiger partial charge in [-0.05, 0) is 61.1 Å². The summed E-state index contributed by atoms with van der Waals surface area (Å²) < 4.78 is 1.95. The molecule has 140 valence electrons. The average molecular weight is 368 g/mol. The summed E-state index contributed by atoms with van der Waals surface area (Å²) in [6.45, 7) is 2.09. The van der Waals surface area contributed by atoms with Crippen LogP contribution in [0.1, 0.15) is 29.5 Å². The first-order valence-corrected chi connectivity index (χ1v) is 9.95. The van der Waals surface area contributed by atoms with Gasteiger partial charge in [-0.25, -0.2) is 4.68 Å². The predicted molar refractivity (Wildman–Crippen MR) is 113 cm³/mol. The third-order valence-corrected chi connectivity index (χ3v) is 5.92. The van der Waals surface area contributed by atoms with Crippen LogP contribution in [0.3, 0.4) is 0 Å². The minimum Gasteiger partial charge on any atom is -0.385 e. The summed E-state index contributed by atoms with van der Waals surface area (Å²) in [5, 5.41) is 17.3. The molecule has 3 heteroatoms. The van der Waals surface area contributed by atoms with Crippen molar-refractivity contribution in [1.82, 2.24) is 9.78 Å². The van der Waals surface area contributed by atoms with Crippen LogP contribution in [0.4, 0.5) is 0 Å². The molecule has 0 bridgehead atoms. The average Bonchev–Trinajstić information content (AvgIpc) is 3.50. The third kappa shape index (κ3) is 3.02. The summed E-state index contributed by atoms with van der Waals surface area (Å²) in [7, 11) is 0. The Morgan fingerprint density at radius 1 is 1.00 bits per heavy atom. The molecule has 0 amide bonds. The van der Waals surface area contributed by atoms with Gasteiger partial charge in [0.2, 0.25) is 0 Å². The molecular formula is C25H24N2O. The zero-order valence-electron chi connectivity index (χ0n) is 16.0. The second-order valence-corrected chi connectivity index (χ2v) is 8.03. The van der Waals surface area contributed by atoms with Crippen LogP contribution in [0.15, 0.2) is 79.0 Å². The summed E-state index contributed by atoms with van der Waals surface area (Å²) in [6.07, 6.45) is 4.72. The van der Waals surface area contributed by atoms with E-state index in [4.69, 9.17) is 0 Å². The quantitative estimate of drug-likeness (QED) is 0.527. The highest BCUT2D eigenvalue weighted by molar-refractivity contribution is 5.81. The largest absolute Gasteiger partial charge is 0.385 e. The maximum Gasteiger partial charge on any atom is 0.0964 e. The molecule has 1 N–H and O–H groups in total. The van der Waals surface area contributed by atoms with Gasteiger partial charge in [0.1, 0.15) is 0 Å². The number of aryl methyl sites for hydroxylation is 1. The van der Waals surface area contributed by atoms with Gasteiger partial charge >= 0.3 is 0 Å². The third-order valence-electron chi connectivity index (χ3n) is 5.92. The molecule has 1 aliphatic carbocycles. The molecule has 28 heavy (non-hydrogen) atoms. The summed E-state index contributed by atoms with van der Waals surface area (Å²) in [5.41, 5.74) is 4.70. The van der Waals surface area contributed by atoms with Gasteiger partial charge in [0.15, 0.2) is 0 Å². The van der Waals surface area contributed by atoms with E-state index in [9.17, 15) is 5.11 Å². The van der Waals surface area contributed by atoms with Crippen molar-refractivity contribution < 1.29 is 5.11 Å². The summed E-state index contributed by atoms with van der Waals surface area (Å²) in [4.78, 5) is 0. The molecule has 3 aromatic carbocycles. The van der Waals surface area contributed by atoms with Crippen LogP contribution in [-0.4, -0.2) is 14.9 Å². The van der Waals surface area contributed by atoms with Gasteiger partial charge in [-0.15, -0.1) is 0 Å². The van der Waals surface area contributed by atoms with Crippen LogP contribution in [0, 0.1) is 12.8 Å². The van der Waals surface area contributed by atoms with Crippen molar-refractivity contribution in [3.8, 4) is 5.69 Å². The molecule has 0 radical (unpaired) electrons. The topological polar surface area (TPSA) is 38.1 Å². The normalized spacial score (nSPS) is 16.2. The number of hydrogen-bond acceptors (Lipinski definition) is 2. The Balaban J connectivity index is 1.54. The van der Waals surface area contributed by atoms with Crippen LogP contribution in [0.25, 0.3) is 16.6 Å². The molecule has 1 aliphatic rings. The smallest absolute Gasteiger partial charge is 0.0964 e. The van der Waals surface area contributed by atoms with Crippen molar-refractivity contribution in [1.29, 1.82) is 0 Å². The molecule has 1 aromatic heterocycles. The lowest BCUT2D eigenvalue weighted by atomic mass is 9.82. The van der Waals surface area contributed by atoms with E-state index in [-0.39, 0.29) is 0 Å². The van der Waals surface area contributed by atoms with E-state index in [0.717, 1.165) is 35.0 Å². The van der Waals surface area contributed by atoms with Gasteiger partial charge in [-0.2, -0.15) is 5.10 Å². The number of hydrogen-bond donors (Lipinski definition) is 1. The molecule has 0 saturated heterocycles. The molecule has 1 atom stereocenters. The van der Waals surface area contributed by atoms with Gasteiger partial charge in [-0.1, -0.05) is 54.1 Å². The van der Waals surface area contributed by atoms with Gasteiger partial charge < -0.3 is 5.11 Å². The molecule has 1 saturated carbocycles. The minimum atomic E-state index is -0.821. The first kappa shape index (κ1) is 17.2. The Morgan fingerprint density at radius 3 is 2.46 bits per heavy atom. The molecule has 1 heterocycles. The lowest BCUT2D eigenvalue weighted by molar-refractivity contribution is 0.0132. The van der Waals surface area contributed by atoms with Gasteiger partial charge in [0, 0.05) is 11.8 Å². The second kappa shape index (κ2) is 6.61. The lowest BCUT2D eigenvalue weighted by Crippen LogP contribution is -2.31. The fraction of sp³-hybridized carbons (Fsp3) is 0.240. The molecular weight excluding hydrogens is 344 g/mol. The highest BCUT2D eigenvalue weighted by atomic mass is 16.3. The van der Waals surface area contributed by atoms with Crippen LogP contribution < -0.4 is 0 Å². The molecule has 0 aliphatic heterocycles. The molecule has 4 aromatic rings. The molecule has 3 nitrogen and oxygen atoms in total. The van der Waals surface area contributed by atoms with E-state index < -0.39 is 5.60 Å². The van der Waals surface area contributed by atoms with E-state index in [2.05, 4.69) is 66.6 Å². The van der Waals surface area contributed by atoms with E-state index >= 15 is 0 Å². The molecule has 5 rings (SSSR count). The Kier molecular flexibility index (Phi) is 4.06. The minimum absolute atomic E-state index is 0.329. The highest BCUT2D eigenvalue weighted by Crippen LogP contribution is 2.48. The monoisotopic (exact) mass is 368 g/mol.